The second kappa shape index (κ2) is 5.80. The summed E-state index contributed by atoms with van der Waals surface area (Å²) in [7, 11) is 3.66. The van der Waals surface area contributed by atoms with Crippen LogP contribution in [0.2, 0.25) is 0 Å². The molecule has 1 aromatic heterocycles. The third-order valence-corrected chi connectivity index (χ3v) is 3.63. The zero-order valence-electron chi connectivity index (χ0n) is 10.0. The highest BCUT2D eigenvalue weighted by molar-refractivity contribution is 7.09. The van der Waals surface area contributed by atoms with Gasteiger partial charge >= 0.3 is 0 Å². The molecule has 1 heterocycles. The number of methoxy groups -OCH3 is 1. The highest BCUT2D eigenvalue weighted by atomic mass is 32.1. The second-order valence-corrected chi connectivity index (χ2v) is 4.72. The first-order valence-electron chi connectivity index (χ1n) is 5.52. The molecule has 0 saturated heterocycles. The Balaban J connectivity index is 2.07. The number of ether oxygens (including phenoxy) is 1. The van der Waals surface area contributed by atoms with Gasteiger partial charge < -0.3 is 10.1 Å². The zero-order chi connectivity index (χ0) is 12.1. The van der Waals surface area contributed by atoms with Crippen molar-refractivity contribution in [2.45, 2.75) is 12.5 Å². The van der Waals surface area contributed by atoms with Crippen LogP contribution in [-0.2, 0) is 6.42 Å². The Kier molecular flexibility index (Phi) is 4.12. The second-order valence-electron chi connectivity index (χ2n) is 3.80. The van der Waals surface area contributed by atoms with Gasteiger partial charge in [0.25, 0.3) is 0 Å². The molecule has 2 aromatic rings. The number of hydrogen-bond acceptors (Lipinski definition) is 4. The fraction of sp³-hybridized carbons (Fsp3) is 0.308. The van der Waals surface area contributed by atoms with Crippen LogP contribution < -0.4 is 10.1 Å². The quantitative estimate of drug-likeness (QED) is 0.883. The van der Waals surface area contributed by atoms with Gasteiger partial charge in [-0.3, -0.25) is 4.98 Å². The summed E-state index contributed by atoms with van der Waals surface area (Å²) in [6.07, 6.45) is 2.89. The molecule has 3 nitrogen and oxygen atoms in total. The van der Waals surface area contributed by atoms with Crippen LogP contribution in [0.15, 0.2) is 36.0 Å². The molecule has 0 saturated carbocycles. The van der Waals surface area contributed by atoms with Crippen molar-refractivity contribution in [3.05, 3.63) is 46.4 Å². The number of thiazole rings is 1. The summed E-state index contributed by atoms with van der Waals surface area (Å²) in [5, 5.41) is 3.32. The molecule has 1 N–H and O–H groups in total. The van der Waals surface area contributed by atoms with Crippen molar-refractivity contribution in [3.8, 4) is 5.75 Å². The molecule has 4 heteroatoms. The van der Waals surface area contributed by atoms with Gasteiger partial charge in [0.2, 0.25) is 0 Å². The maximum absolute atomic E-state index is 5.15. The fourth-order valence-electron chi connectivity index (χ4n) is 1.74. The van der Waals surface area contributed by atoms with E-state index >= 15 is 0 Å². The van der Waals surface area contributed by atoms with Gasteiger partial charge in [-0.15, -0.1) is 11.3 Å². The number of hydrogen-bond donors (Lipinski definition) is 1. The van der Waals surface area contributed by atoms with Crippen LogP contribution in [0.25, 0.3) is 0 Å². The van der Waals surface area contributed by atoms with E-state index in [0.717, 1.165) is 12.2 Å². The Bertz CT molecular complexity index is 439. The predicted octanol–water partition coefficient (Wildman–Crippen LogP) is 2.65. The van der Waals surface area contributed by atoms with E-state index in [0.29, 0.717) is 6.04 Å². The summed E-state index contributed by atoms with van der Waals surface area (Å²) in [6.45, 7) is 0. The molecule has 0 fully saturated rings. The van der Waals surface area contributed by atoms with Crippen LogP contribution in [0.1, 0.15) is 16.5 Å². The van der Waals surface area contributed by atoms with Gasteiger partial charge in [-0.2, -0.15) is 0 Å². The predicted molar refractivity (Wildman–Crippen MR) is 70.6 cm³/mol. The Labute approximate surface area is 105 Å². The molecule has 0 amide bonds. The molecule has 1 aromatic carbocycles. The third kappa shape index (κ3) is 3.05. The summed E-state index contributed by atoms with van der Waals surface area (Å²) in [4.78, 5) is 5.39. The lowest BCUT2D eigenvalue weighted by molar-refractivity contribution is 0.414. The van der Waals surface area contributed by atoms with E-state index in [1.807, 2.05) is 30.9 Å². The summed E-state index contributed by atoms with van der Waals surface area (Å²) in [5.41, 5.74) is 3.16. The van der Waals surface area contributed by atoms with Crippen molar-refractivity contribution in [1.82, 2.24) is 10.3 Å². The van der Waals surface area contributed by atoms with Gasteiger partial charge in [0.15, 0.2) is 0 Å². The molecule has 0 aliphatic rings. The number of aromatic nitrogens is 1. The Morgan fingerprint density at radius 3 is 2.65 bits per heavy atom. The minimum absolute atomic E-state index is 0.330. The first-order chi connectivity index (χ1) is 8.33. The van der Waals surface area contributed by atoms with E-state index in [9.17, 15) is 0 Å². The summed E-state index contributed by atoms with van der Waals surface area (Å²) < 4.78 is 5.15. The minimum atomic E-state index is 0.330. The molecule has 17 heavy (non-hydrogen) atoms. The van der Waals surface area contributed by atoms with Crippen molar-refractivity contribution < 1.29 is 4.74 Å². The van der Waals surface area contributed by atoms with E-state index in [4.69, 9.17) is 4.74 Å². The van der Waals surface area contributed by atoms with Crippen LogP contribution in [-0.4, -0.2) is 19.1 Å². The molecule has 90 valence electrons. The number of rotatable bonds is 5. The largest absolute Gasteiger partial charge is 0.497 e. The molecular weight excluding hydrogens is 232 g/mol. The molecular formula is C13H16N2OS. The highest BCUT2D eigenvalue weighted by Gasteiger charge is 2.11. The van der Waals surface area contributed by atoms with Crippen molar-refractivity contribution >= 4 is 11.3 Å². The van der Waals surface area contributed by atoms with Crippen molar-refractivity contribution in [2.24, 2.45) is 0 Å². The molecule has 0 radical (unpaired) electrons. The highest BCUT2D eigenvalue weighted by Crippen LogP contribution is 2.22. The lowest BCUT2D eigenvalue weighted by atomic mass is 10.1. The number of benzene rings is 1. The van der Waals surface area contributed by atoms with Gasteiger partial charge in [0, 0.05) is 17.1 Å². The lowest BCUT2D eigenvalue weighted by Crippen LogP contribution is -2.17. The normalized spacial score (nSPS) is 12.4. The average Bonchev–Trinajstić information content (AvgIpc) is 2.90. The Morgan fingerprint density at radius 1 is 1.35 bits per heavy atom. The summed E-state index contributed by atoms with van der Waals surface area (Å²) in [5.74, 6) is 0.896. The molecule has 0 spiro atoms. The summed E-state index contributed by atoms with van der Waals surface area (Å²) >= 11 is 1.68. The SMILES string of the molecule is CNC(Cc1ccc(OC)cc1)c1cncs1. The van der Waals surface area contributed by atoms with Gasteiger partial charge in [0.1, 0.15) is 5.75 Å². The van der Waals surface area contributed by atoms with Gasteiger partial charge in [0.05, 0.1) is 12.6 Å². The van der Waals surface area contributed by atoms with Crippen LogP contribution in [0.3, 0.4) is 0 Å². The Morgan fingerprint density at radius 2 is 2.12 bits per heavy atom. The van der Waals surface area contributed by atoms with Crippen molar-refractivity contribution in [3.63, 3.8) is 0 Å². The minimum Gasteiger partial charge on any atom is -0.497 e. The van der Waals surface area contributed by atoms with Crippen LogP contribution in [0.4, 0.5) is 0 Å². The summed E-state index contributed by atoms with van der Waals surface area (Å²) in [6, 6.07) is 8.52. The van der Waals surface area contributed by atoms with Gasteiger partial charge in [-0.05, 0) is 31.2 Å². The molecule has 1 atom stereocenters. The van der Waals surface area contributed by atoms with E-state index < -0.39 is 0 Å². The van der Waals surface area contributed by atoms with Crippen molar-refractivity contribution in [1.29, 1.82) is 0 Å². The number of nitrogens with one attached hydrogen (secondary N) is 1. The van der Waals surface area contributed by atoms with Crippen LogP contribution in [0, 0.1) is 0 Å². The van der Waals surface area contributed by atoms with Crippen LogP contribution >= 0.6 is 11.3 Å². The van der Waals surface area contributed by atoms with E-state index in [2.05, 4.69) is 22.4 Å². The third-order valence-electron chi connectivity index (χ3n) is 2.74. The smallest absolute Gasteiger partial charge is 0.118 e. The van der Waals surface area contributed by atoms with E-state index in [1.54, 1.807) is 18.4 Å². The zero-order valence-corrected chi connectivity index (χ0v) is 10.8. The molecule has 1 unspecified atom stereocenters. The van der Waals surface area contributed by atoms with Gasteiger partial charge in [-0.25, -0.2) is 0 Å². The van der Waals surface area contributed by atoms with E-state index in [1.165, 1.54) is 10.4 Å². The first-order valence-corrected chi connectivity index (χ1v) is 6.40. The maximum atomic E-state index is 5.15. The molecule has 0 aliphatic heterocycles. The monoisotopic (exact) mass is 248 g/mol. The van der Waals surface area contributed by atoms with Crippen molar-refractivity contribution in [2.75, 3.05) is 14.2 Å². The number of nitrogens with zero attached hydrogens (tertiary/aromatic N) is 1. The molecule has 0 bridgehead atoms. The number of likely N-dealkylation sites (N-methyl/N-ethyl adjacent to an activating group) is 1. The molecule has 0 aliphatic carbocycles. The lowest BCUT2D eigenvalue weighted by Gasteiger charge is -2.14. The maximum Gasteiger partial charge on any atom is 0.118 e. The fourth-order valence-corrected chi connectivity index (χ4v) is 2.47. The Hall–Kier alpha value is -1.39. The van der Waals surface area contributed by atoms with E-state index in [-0.39, 0.29) is 0 Å². The standard InChI is InChI=1S/C13H16N2OS/c1-14-12(13-8-15-9-17-13)7-10-3-5-11(16-2)6-4-10/h3-6,8-9,12,14H,7H2,1-2H3. The first kappa shape index (κ1) is 12.1. The topological polar surface area (TPSA) is 34.1 Å². The van der Waals surface area contributed by atoms with Gasteiger partial charge in [-0.1, -0.05) is 12.1 Å². The van der Waals surface area contributed by atoms with Crippen LogP contribution in [0.5, 0.6) is 5.75 Å². The molecule has 2 rings (SSSR count). The average molecular weight is 248 g/mol.